The van der Waals surface area contributed by atoms with Gasteiger partial charge in [-0.15, -0.1) is 0 Å². The van der Waals surface area contributed by atoms with Crippen LogP contribution in [0.2, 0.25) is 0 Å². The number of hydrogen-bond donors (Lipinski definition) is 0. The van der Waals surface area contributed by atoms with E-state index in [-0.39, 0.29) is 10.8 Å². The Morgan fingerprint density at radius 3 is 1.25 bits per heavy atom. The van der Waals surface area contributed by atoms with Gasteiger partial charge in [0.05, 0.1) is 17.1 Å². The Kier molecular flexibility index (Phi) is 7.24. The van der Waals surface area contributed by atoms with E-state index in [4.69, 9.17) is 8.83 Å². The van der Waals surface area contributed by atoms with Gasteiger partial charge in [0.15, 0.2) is 0 Å². The lowest BCUT2D eigenvalue weighted by Gasteiger charge is -2.33. The fourth-order valence-corrected chi connectivity index (χ4v) is 12.0. The summed E-state index contributed by atoms with van der Waals surface area (Å²) in [6.45, 7) is 9.60. The van der Waals surface area contributed by atoms with Gasteiger partial charge in [0.25, 0.3) is 0 Å². The van der Waals surface area contributed by atoms with Gasteiger partial charge >= 0.3 is 0 Å². The summed E-state index contributed by atoms with van der Waals surface area (Å²) in [4.78, 5) is 2.59. The average molecular weight is 834 g/mol. The molecule has 3 nitrogen and oxygen atoms in total. The first-order chi connectivity index (χ1) is 31.8. The molecule has 65 heavy (non-hydrogen) atoms. The van der Waals surface area contributed by atoms with Gasteiger partial charge in [-0.3, -0.25) is 0 Å². The summed E-state index contributed by atoms with van der Waals surface area (Å²) in [6.07, 6.45) is 0. The maximum atomic E-state index is 6.55. The van der Waals surface area contributed by atoms with E-state index in [9.17, 15) is 0 Å². The third-order valence-corrected chi connectivity index (χ3v) is 15.0. The molecule has 0 fully saturated rings. The molecule has 0 spiro atoms. The number of rotatable bonds is 4. The van der Waals surface area contributed by atoms with Crippen molar-refractivity contribution in [2.75, 3.05) is 4.90 Å². The SMILES string of the molecule is CC1(C)c2cc(N(c3ccccc3-c3ccccc3)c3cc4c(c5ccccc35)-c3c(ccc5oc6ccccc6c35)C4(C)C)c3ccccc3c2-c2c1ccc1oc3ccccc3c21. The molecule has 10 aromatic carbocycles. The molecule has 0 amide bonds. The number of nitrogens with zero attached hydrogens (tertiary/aromatic N) is 1. The van der Waals surface area contributed by atoms with Crippen molar-refractivity contribution < 1.29 is 8.83 Å². The van der Waals surface area contributed by atoms with Crippen LogP contribution in [-0.2, 0) is 10.8 Å². The van der Waals surface area contributed by atoms with Crippen molar-refractivity contribution in [3.05, 3.63) is 210 Å². The second-order valence-electron chi connectivity index (χ2n) is 19.1. The highest BCUT2D eigenvalue weighted by molar-refractivity contribution is 6.23. The lowest BCUT2D eigenvalue weighted by atomic mass is 9.81. The molecule has 0 unspecified atom stereocenters. The fraction of sp³-hybridized carbons (Fsp3) is 0.0968. The van der Waals surface area contributed by atoms with Crippen molar-refractivity contribution in [2.45, 2.75) is 38.5 Å². The Bertz CT molecular complexity index is 3790. The van der Waals surface area contributed by atoms with Crippen molar-refractivity contribution in [3.63, 3.8) is 0 Å². The Balaban J connectivity index is 1.12. The van der Waals surface area contributed by atoms with E-state index in [2.05, 4.69) is 221 Å². The number of benzene rings is 10. The van der Waals surface area contributed by atoms with Gasteiger partial charge < -0.3 is 13.7 Å². The van der Waals surface area contributed by atoms with Crippen molar-refractivity contribution in [1.82, 2.24) is 0 Å². The lowest BCUT2D eigenvalue weighted by Crippen LogP contribution is -2.19. The first-order valence-corrected chi connectivity index (χ1v) is 22.8. The Morgan fingerprint density at radius 1 is 0.323 bits per heavy atom. The van der Waals surface area contributed by atoms with E-state index < -0.39 is 0 Å². The minimum Gasteiger partial charge on any atom is -0.456 e. The van der Waals surface area contributed by atoms with Crippen LogP contribution < -0.4 is 4.90 Å². The molecule has 2 aliphatic rings. The van der Waals surface area contributed by atoms with Crippen LogP contribution in [0.3, 0.4) is 0 Å². The monoisotopic (exact) mass is 833 g/mol. The van der Waals surface area contributed by atoms with Crippen LogP contribution in [0, 0.1) is 0 Å². The molecule has 0 bridgehead atoms. The molecule has 12 aromatic rings. The minimum absolute atomic E-state index is 0.303. The van der Waals surface area contributed by atoms with Crippen LogP contribution in [0.25, 0.3) is 98.8 Å². The minimum atomic E-state index is -0.303. The highest BCUT2D eigenvalue weighted by atomic mass is 16.3. The summed E-state index contributed by atoms with van der Waals surface area (Å²) in [5, 5.41) is 9.56. The van der Waals surface area contributed by atoms with Crippen molar-refractivity contribution in [3.8, 4) is 33.4 Å². The van der Waals surface area contributed by atoms with Crippen LogP contribution in [0.4, 0.5) is 17.1 Å². The molecule has 3 heteroatoms. The van der Waals surface area contributed by atoms with Crippen LogP contribution in [0.1, 0.15) is 49.9 Å². The predicted octanol–water partition coefficient (Wildman–Crippen LogP) is 17.5. The summed E-state index contributed by atoms with van der Waals surface area (Å²) in [7, 11) is 0. The summed E-state index contributed by atoms with van der Waals surface area (Å²) < 4.78 is 13.1. The molecule has 2 aromatic heterocycles. The average Bonchev–Trinajstić information content (AvgIpc) is 4.04. The van der Waals surface area contributed by atoms with E-state index >= 15 is 0 Å². The van der Waals surface area contributed by atoms with Gasteiger partial charge in [-0.05, 0) is 103 Å². The lowest BCUT2D eigenvalue weighted by molar-refractivity contribution is 0.657. The molecular weight excluding hydrogens is 791 g/mol. The number of fused-ring (bicyclic) bond motifs is 18. The van der Waals surface area contributed by atoms with Gasteiger partial charge in [0.1, 0.15) is 22.3 Å². The van der Waals surface area contributed by atoms with E-state index in [1.807, 2.05) is 0 Å². The summed E-state index contributed by atoms with van der Waals surface area (Å²) in [5.74, 6) is 0. The second-order valence-corrected chi connectivity index (χ2v) is 19.1. The summed E-state index contributed by atoms with van der Waals surface area (Å²) in [5.41, 5.74) is 19.3. The molecule has 308 valence electrons. The third kappa shape index (κ3) is 4.80. The first-order valence-electron chi connectivity index (χ1n) is 22.8. The predicted molar refractivity (Wildman–Crippen MR) is 271 cm³/mol. The normalized spacial score (nSPS) is 14.4. The van der Waals surface area contributed by atoms with Crippen molar-refractivity contribution in [1.29, 1.82) is 0 Å². The number of furan rings is 2. The van der Waals surface area contributed by atoms with Crippen molar-refractivity contribution in [2.24, 2.45) is 0 Å². The number of anilines is 3. The van der Waals surface area contributed by atoms with Gasteiger partial charge in [0, 0.05) is 48.7 Å². The summed E-state index contributed by atoms with van der Waals surface area (Å²) >= 11 is 0. The van der Waals surface area contributed by atoms with Crippen LogP contribution in [0.15, 0.2) is 197 Å². The largest absolute Gasteiger partial charge is 0.456 e. The molecule has 0 aliphatic heterocycles. The van der Waals surface area contributed by atoms with E-state index in [0.717, 1.165) is 50.2 Å². The maximum absolute atomic E-state index is 6.55. The van der Waals surface area contributed by atoms with E-state index in [0.29, 0.717) is 0 Å². The zero-order chi connectivity index (χ0) is 43.3. The Hall–Kier alpha value is -7.88. The van der Waals surface area contributed by atoms with Gasteiger partial charge in [-0.2, -0.15) is 0 Å². The molecule has 2 heterocycles. The van der Waals surface area contributed by atoms with E-state index in [1.165, 1.54) is 88.0 Å². The molecule has 0 saturated heterocycles. The standard InChI is InChI=1S/C62H43NO2/c1-61(2)44-30-32-53-57(42-25-13-16-28-51(42)64-53)59(44)55-40-23-10-8-21-38(40)49(34-46(55)61)63(48-27-15-12-20-37(48)36-18-6-5-7-19-36)50-35-47-56(41-24-11-9-22-39(41)50)60-45(62(47,3)4)31-33-54-58(60)43-26-14-17-29-52(43)65-54/h5-35H,1-4H3. The van der Waals surface area contributed by atoms with Crippen molar-refractivity contribution >= 4 is 82.5 Å². The Labute approximate surface area is 376 Å². The zero-order valence-electron chi connectivity index (χ0n) is 36.7. The van der Waals surface area contributed by atoms with Crippen LogP contribution in [0.5, 0.6) is 0 Å². The molecule has 2 aliphatic carbocycles. The fourth-order valence-electron chi connectivity index (χ4n) is 12.0. The highest BCUT2D eigenvalue weighted by Gasteiger charge is 2.42. The van der Waals surface area contributed by atoms with Crippen LogP contribution >= 0.6 is 0 Å². The number of hydrogen-bond acceptors (Lipinski definition) is 3. The third-order valence-electron chi connectivity index (χ3n) is 15.0. The highest BCUT2D eigenvalue weighted by Crippen LogP contribution is 2.61. The second kappa shape index (κ2) is 12.9. The molecular formula is C62H43NO2. The molecule has 14 rings (SSSR count). The maximum Gasteiger partial charge on any atom is 0.136 e. The van der Waals surface area contributed by atoms with Gasteiger partial charge in [0.2, 0.25) is 0 Å². The zero-order valence-corrected chi connectivity index (χ0v) is 36.7. The van der Waals surface area contributed by atoms with Gasteiger partial charge in [-0.1, -0.05) is 173 Å². The quantitative estimate of drug-likeness (QED) is 0.177. The Morgan fingerprint density at radius 2 is 0.738 bits per heavy atom. The molecule has 0 N–H and O–H groups in total. The smallest absolute Gasteiger partial charge is 0.136 e. The topological polar surface area (TPSA) is 29.5 Å². The number of para-hydroxylation sites is 3. The van der Waals surface area contributed by atoms with E-state index in [1.54, 1.807) is 0 Å². The molecule has 0 atom stereocenters. The summed E-state index contributed by atoms with van der Waals surface area (Å²) in [6, 6.07) is 69.0. The molecule has 0 radical (unpaired) electrons. The first kappa shape index (κ1) is 36.6. The van der Waals surface area contributed by atoms with Crippen LogP contribution in [-0.4, -0.2) is 0 Å². The van der Waals surface area contributed by atoms with Gasteiger partial charge in [-0.25, -0.2) is 0 Å². The molecule has 0 saturated carbocycles.